The molecule has 1 aliphatic rings. The third-order valence-electron chi connectivity index (χ3n) is 4.00. The van der Waals surface area contributed by atoms with Crippen LogP contribution in [0.5, 0.6) is 0 Å². The summed E-state index contributed by atoms with van der Waals surface area (Å²) in [6.45, 7) is 12.8. The molecule has 1 aliphatic heterocycles. The average Bonchev–Trinajstić information content (AvgIpc) is 2.67. The van der Waals surface area contributed by atoms with Gasteiger partial charge in [0.25, 0.3) is 0 Å². The maximum Gasteiger partial charge on any atom is 0.517 e. The predicted octanol–water partition coefficient (Wildman–Crippen LogP) is 3.28. The molecule has 4 heteroatoms. The minimum Gasteiger partial charge on any atom is -0.414 e. The van der Waals surface area contributed by atoms with E-state index in [1.54, 1.807) is 6.92 Å². The van der Waals surface area contributed by atoms with Crippen molar-refractivity contribution in [3.63, 3.8) is 0 Å². The maximum atomic E-state index is 13.5. The van der Waals surface area contributed by atoms with Crippen molar-refractivity contribution in [3.05, 3.63) is 0 Å². The molecule has 0 spiro atoms. The van der Waals surface area contributed by atoms with E-state index in [-0.39, 0.29) is 28.7 Å². The molecule has 0 radical (unpaired) electrons. The normalized spacial score (nSPS) is 36.2. The maximum absolute atomic E-state index is 13.5. The van der Waals surface area contributed by atoms with Gasteiger partial charge in [0.15, 0.2) is 0 Å². The van der Waals surface area contributed by atoms with Crippen LogP contribution in [-0.4, -0.2) is 40.5 Å². The van der Waals surface area contributed by atoms with Crippen LogP contribution < -0.4 is 0 Å². The number of amides is 1. The molecule has 0 aliphatic carbocycles. The fraction of sp³-hybridized carbons (Fsp3) is 0.923. The van der Waals surface area contributed by atoms with E-state index < -0.39 is 11.8 Å². The standard InChI is InChI=1S/C13H25FNO2/c1-8(14)9(2)15(10(3)11(15)4)12(16)17-13(5,6)7/h8-11H,1-7H3/q+1/t8-,9?,10-,11?,15?/m0/s1. The Morgan fingerprint density at radius 2 is 1.65 bits per heavy atom. The molecule has 0 bridgehead atoms. The number of carbonyl (C=O) groups excluding carboxylic acids is 1. The zero-order valence-electron chi connectivity index (χ0n) is 12.0. The van der Waals surface area contributed by atoms with Gasteiger partial charge in [-0.15, -0.1) is 0 Å². The molecule has 1 fully saturated rings. The van der Waals surface area contributed by atoms with Crippen LogP contribution in [0.1, 0.15) is 48.5 Å². The Bertz CT molecular complexity index is 301. The number of quaternary nitrogens is 1. The van der Waals surface area contributed by atoms with E-state index >= 15 is 0 Å². The van der Waals surface area contributed by atoms with Gasteiger partial charge in [-0.1, -0.05) is 0 Å². The van der Waals surface area contributed by atoms with E-state index in [1.807, 2.05) is 34.6 Å². The van der Waals surface area contributed by atoms with Crippen LogP contribution in [0, 0.1) is 0 Å². The first-order chi connectivity index (χ1) is 7.55. The van der Waals surface area contributed by atoms with Crippen molar-refractivity contribution < 1.29 is 18.4 Å². The fourth-order valence-electron chi connectivity index (χ4n) is 2.64. The van der Waals surface area contributed by atoms with Crippen molar-refractivity contribution in [2.45, 2.75) is 78.4 Å². The summed E-state index contributed by atoms with van der Waals surface area (Å²) in [5.41, 5.74) is -0.524. The van der Waals surface area contributed by atoms with Crippen molar-refractivity contribution in [2.24, 2.45) is 0 Å². The molecule has 0 aromatic carbocycles. The number of halogens is 1. The quantitative estimate of drug-likeness (QED) is 0.552. The van der Waals surface area contributed by atoms with Crippen LogP contribution in [-0.2, 0) is 4.74 Å². The van der Waals surface area contributed by atoms with Crippen molar-refractivity contribution >= 4 is 6.09 Å². The molecule has 0 aromatic rings. The molecule has 1 saturated heterocycles. The van der Waals surface area contributed by atoms with E-state index in [4.69, 9.17) is 4.74 Å². The van der Waals surface area contributed by atoms with Crippen molar-refractivity contribution in [1.29, 1.82) is 0 Å². The highest BCUT2D eigenvalue weighted by Crippen LogP contribution is 2.45. The van der Waals surface area contributed by atoms with Crippen LogP contribution in [0.3, 0.4) is 0 Å². The van der Waals surface area contributed by atoms with E-state index in [1.165, 1.54) is 6.92 Å². The monoisotopic (exact) mass is 246 g/mol. The van der Waals surface area contributed by atoms with E-state index in [9.17, 15) is 9.18 Å². The van der Waals surface area contributed by atoms with Gasteiger partial charge in [0, 0.05) is 0 Å². The SMILES string of the molecule is CC([C@H](C)F)[N+]1(C(=O)OC(C)(C)C)C(C)[C@@H]1C. The Hall–Kier alpha value is -0.640. The first-order valence-corrected chi connectivity index (χ1v) is 6.30. The Morgan fingerprint density at radius 1 is 1.24 bits per heavy atom. The number of hydrogen-bond acceptors (Lipinski definition) is 2. The van der Waals surface area contributed by atoms with Gasteiger partial charge in [0.2, 0.25) is 0 Å². The van der Waals surface area contributed by atoms with Crippen molar-refractivity contribution in [2.75, 3.05) is 0 Å². The summed E-state index contributed by atoms with van der Waals surface area (Å²) in [5.74, 6) is 0. The van der Waals surface area contributed by atoms with Crippen LogP contribution in [0.15, 0.2) is 0 Å². The predicted molar refractivity (Wildman–Crippen MR) is 65.5 cm³/mol. The third kappa shape index (κ3) is 2.32. The Labute approximate surface area is 104 Å². The van der Waals surface area contributed by atoms with Crippen LogP contribution in [0.25, 0.3) is 0 Å². The van der Waals surface area contributed by atoms with Gasteiger partial charge in [-0.3, -0.25) is 0 Å². The largest absolute Gasteiger partial charge is 0.517 e. The van der Waals surface area contributed by atoms with Gasteiger partial charge >= 0.3 is 6.09 Å². The van der Waals surface area contributed by atoms with Gasteiger partial charge in [0.1, 0.15) is 29.9 Å². The lowest BCUT2D eigenvalue weighted by atomic mass is 10.2. The number of alkyl halides is 1. The summed E-state index contributed by atoms with van der Waals surface area (Å²) >= 11 is 0. The molecule has 1 rings (SSSR count). The van der Waals surface area contributed by atoms with Gasteiger partial charge < -0.3 is 4.74 Å². The lowest BCUT2D eigenvalue weighted by molar-refractivity contribution is -0.780. The Balaban J connectivity index is 2.93. The molecule has 3 nitrogen and oxygen atoms in total. The molecule has 1 amide bonds. The summed E-state index contributed by atoms with van der Waals surface area (Å²) in [6.07, 6.45) is -1.32. The lowest BCUT2D eigenvalue weighted by Gasteiger charge is -2.29. The second kappa shape index (κ2) is 4.23. The highest BCUT2D eigenvalue weighted by atomic mass is 19.1. The van der Waals surface area contributed by atoms with Crippen LogP contribution in [0.4, 0.5) is 9.18 Å². The van der Waals surface area contributed by atoms with Gasteiger partial charge in [0.05, 0.1) is 0 Å². The van der Waals surface area contributed by atoms with Crippen LogP contribution >= 0.6 is 0 Å². The molecule has 3 unspecified atom stereocenters. The topological polar surface area (TPSA) is 26.3 Å². The first kappa shape index (κ1) is 14.4. The second-order valence-corrected chi connectivity index (χ2v) is 6.21. The molecule has 100 valence electrons. The zero-order chi connectivity index (χ0) is 13.6. The van der Waals surface area contributed by atoms with E-state index in [0.717, 1.165) is 0 Å². The molecule has 0 saturated carbocycles. The summed E-state index contributed by atoms with van der Waals surface area (Å²) in [5, 5.41) is 0. The highest BCUT2D eigenvalue weighted by Gasteiger charge is 2.71. The number of ether oxygens (including phenoxy) is 1. The summed E-state index contributed by atoms with van der Waals surface area (Å²) in [7, 11) is 0. The van der Waals surface area contributed by atoms with E-state index in [0.29, 0.717) is 0 Å². The number of carbonyl (C=O) groups is 1. The molecular weight excluding hydrogens is 221 g/mol. The van der Waals surface area contributed by atoms with Gasteiger partial charge in [-0.25, -0.2) is 8.87 Å². The van der Waals surface area contributed by atoms with Gasteiger partial charge in [-0.05, 0) is 48.5 Å². The van der Waals surface area contributed by atoms with Crippen molar-refractivity contribution in [3.8, 4) is 0 Å². The smallest absolute Gasteiger partial charge is 0.414 e. The van der Waals surface area contributed by atoms with Crippen molar-refractivity contribution in [1.82, 2.24) is 0 Å². The molecular formula is C13H25FNO2+. The molecule has 5 atom stereocenters. The molecule has 0 aromatic heterocycles. The molecule has 1 heterocycles. The summed E-state index contributed by atoms with van der Waals surface area (Å²) < 4.78 is 19.1. The second-order valence-electron chi connectivity index (χ2n) is 6.21. The average molecular weight is 246 g/mol. The summed E-state index contributed by atoms with van der Waals surface area (Å²) in [4.78, 5) is 12.3. The third-order valence-corrected chi connectivity index (χ3v) is 4.00. The van der Waals surface area contributed by atoms with E-state index in [2.05, 4.69) is 0 Å². The fourth-order valence-corrected chi connectivity index (χ4v) is 2.64. The summed E-state index contributed by atoms with van der Waals surface area (Å²) in [6, 6.07) is -0.0778. The minimum atomic E-state index is -1.02. The number of nitrogens with zero attached hydrogens (tertiary/aromatic N) is 1. The zero-order valence-corrected chi connectivity index (χ0v) is 12.0. The van der Waals surface area contributed by atoms with Gasteiger partial charge in [-0.2, -0.15) is 4.79 Å². The Kier molecular flexibility index (Phi) is 3.59. The lowest BCUT2D eigenvalue weighted by Crippen LogP contribution is -2.50. The van der Waals surface area contributed by atoms with Crippen LogP contribution in [0.2, 0.25) is 0 Å². The minimum absolute atomic E-state index is 0.120. The first-order valence-electron chi connectivity index (χ1n) is 6.30. The molecule has 17 heavy (non-hydrogen) atoms. The number of rotatable bonds is 2. The highest BCUT2D eigenvalue weighted by molar-refractivity contribution is 5.63. The Morgan fingerprint density at radius 3 is 1.88 bits per heavy atom. The number of hydrogen-bond donors (Lipinski definition) is 0. The molecule has 0 N–H and O–H groups in total.